The number of ketones is 1. The standard InChI is InChI=1S/C5H8O3.CH4O/c1-4(6)3-5(7)8-2;1-2/h3H2,1-2H3;2H,1H3. The molecule has 0 rings (SSSR count). The zero-order valence-electron chi connectivity index (χ0n) is 6.38. The van der Waals surface area contributed by atoms with E-state index in [9.17, 15) is 9.59 Å². The van der Waals surface area contributed by atoms with Gasteiger partial charge in [-0.25, -0.2) is 0 Å². The van der Waals surface area contributed by atoms with Crippen LogP contribution in [-0.4, -0.2) is 31.1 Å². The summed E-state index contributed by atoms with van der Waals surface area (Å²) in [5.74, 6) is -0.644. The van der Waals surface area contributed by atoms with Gasteiger partial charge < -0.3 is 9.84 Å². The number of hydrogen-bond donors (Lipinski definition) is 1. The lowest BCUT2D eigenvalue weighted by Gasteiger charge is -1.90. The highest BCUT2D eigenvalue weighted by Crippen LogP contribution is 1.83. The molecule has 0 heterocycles. The average Bonchev–Trinajstić information content (AvgIpc) is 1.91. The Bertz CT molecular complexity index is 108. The van der Waals surface area contributed by atoms with Crippen LogP contribution in [0.1, 0.15) is 13.3 Å². The molecule has 0 radical (unpaired) electrons. The lowest BCUT2D eigenvalue weighted by atomic mass is 10.3. The first-order chi connectivity index (χ1) is 4.66. The molecule has 4 nitrogen and oxygen atoms in total. The predicted octanol–water partition coefficient (Wildman–Crippen LogP) is -0.253. The van der Waals surface area contributed by atoms with Gasteiger partial charge in [0.05, 0.1) is 7.11 Å². The number of carbonyl (C=O) groups excluding carboxylic acids is 2. The molecule has 0 aromatic rings. The second-order valence-corrected chi connectivity index (χ2v) is 1.45. The number of aliphatic hydroxyl groups excluding tert-OH is 1. The Balaban J connectivity index is 0. The fourth-order valence-corrected chi connectivity index (χ4v) is 0.275. The molecule has 0 aliphatic rings. The first kappa shape index (κ1) is 11.8. The molecule has 60 valence electrons. The third-order valence-corrected chi connectivity index (χ3v) is 0.621. The van der Waals surface area contributed by atoms with E-state index in [0.29, 0.717) is 0 Å². The number of rotatable bonds is 2. The highest BCUT2D eigenvalue weighted by atomic mass is 16.5. The normalized spacial score (nSPS) is 7.20. The van der Waals surface area contributed by atoms with Crippen LogP contribution in [0.25, 0.3) is 0 Å². The van der Waals surface area contributed by atoms with E-state index < -0.39 is 5.97 Å². The van der Waals surface area contributed by atoms with Crippen molar-refractivity contribution in [2.24, 2.45) is 0 Å². The molecule has 0 saturated carbocycles. The Kier molecular flexibility index (Phi) is 9.59. The fourth-order valence-electron chi connectivity index (χ4n) is 0.275. The molecule has 4 heteroatoms. The van der Waals surface area contributed by atoms with Crippen molar-refractivity contribution in [1.29, 1.82) is 0 Å². The van der Waals surface area contributed by atoms with Crippen molar-refractivity contribution >= 4 is 11.8 Å². The SMILES string of the molecule is CO.COC(=O)CC(C)=O. The van der Waals surface area contributed by atoms with Gasteiger partial charge in [0.1, 0.15) is 12.2 Å². The Labute approximate surface area is 59.8 Å². The zero-order chi connectivity index (χ0) is 8.57. The molecule has 0 atom stereocenters. The number of Topliss-reactive ketones (excluding diaryl/α,β-unsaturated/α-hetero) is 1. The summed E-state index contributed by atoms with van der Waals surface area (Å²) in [7, 11) is 2.26. The minimum atomic E-state index is -0.475. The van der Waals surface area contributed by atoms with Crippen LogP contribution in [0.2, 0.25) is 0 Å². The van der Waals surface area contributed by atoms with E-state index in [-0.39, 0.29) is 12.2 Å². The second kappa shape index (κ2) is 8.10. The number of methoxy groups -OCH3 is 1. The van der Waals surface area contributed by atoms with Crippen molar-refractivity contribution in [3.63, 3.8) is 0 Å². The Morgan fingerprint density at radius 3 is 1.90 bits per heavy atom. The summed E-state index contributed by atoms with van der Waals surface area (Å²) < 4.78 is 4.20. The summed E-state index contributed by atoms with van der Waals surface area (Å²) in [6.45, 7) is 1.34. The molecule has 0 unspecified atom stereocenters. The minimum Gasteiger partial charge on any atom is -0.469 e. The molecule has 0 fully saturated rings. The second-order valence-electron chi connectivity index (χ2n) is 1.45. The molecule has 0 aromatic carbocycles. The summed E-state index contributed by atoms with van der Waals surface area (Å²) >= 11 is 0. The van der Waals surface area contributed by atoms with E-state index in [1.165, 1.54) is 14.0 Å². The molecule has 10 heavy (non-hydrogen) atoms. The van der Waals surface area contributed by atoms with Crippen LogP contribution in [-0.2, 0) is 14.3 Å². The van der Waals surface area contributed by atoms with Gasteiger partial charge >= 0.3 is 5.97 Å². The van der Waals surface area contributed by atoms with Gasteiger partial charge in [-0.2, -0.15) is 0 Å². The van der Waals surface area contributed by atoms with Gasteiger partial charge in [-0.15, -0.1) is 0 Å². The number of carbonyl (C=O) groups is 2. The Hall–Kier alpha value is -0.900. The van der Waals surface area contributed by atoms with E-state index >= 15 is 0 Å². The minimum absolute atomic E-state index is 0.115. The average molecular weight is 148 g/mol. The summed E-state index contributed by atoms with van der Waals surface area (Å²) in [5.41, 5.74) is 0. The number of hydrogen-bond acceptors (Lipinski definition) is 4. The Morgan fingerprint density at radius 1 is 1.40 bits per heavy atom. The number of aliphatic hydroxyl groups is 1. The highest BCUT2D eigenvalue weighted by molar-refractivity contribution is 5.93. The van der Waals surface area contributed by atoms with Crippen molar-refractivity contribution < 1.29 is 19.4 Å². The van der Waals surface area contributed by atoms with Crippen molar-refractivity contribution in [2.45, 2.75) is 13.3 Å². The van der Waals surface area contributed by atoms with Crippen LogP contribution in [0, 0.1) is 0 Å². The lowest BCUT2D eigenvalue weighted by Crippen LogP contribution is -2.05. The molecule has 0 saturated heterocycles. The van der Waals surface area contributed by atoms with Gasteiger partial charge in [-0.05, 0) is 6.92 Å². The van der Waals surface area contributed by atoms with Crippen molar-refractivity contribution in [3.8, 4) is 0 Å². The molecule has 0 aliphatic carbocycles. The summed E-state index contributed by atoms with van der Waals surface area (Å²) in [4.78, 5) is 20.3. The number of esters is 1. The van der Waals surface area contributed by atoms with E-state index in [0.717, 1.165) is 7.11 Å². The maximum atomic E-state index is 10.2. The van der Waals surface area contributed by atoms with Crippen molar-refractivity contribution in [2.75, 3.05) is 14.2 Å². The summed E-state index contributed by atoms with van der Waals surface area (Å²) in [6, 6.07) is 0. The van der Waals surface area contributed by atoms with Gasteiger partial charge in [0.25, 0.3) is 0 Å². The van der Waals surface area contributed by atoms with Gasteiger partial charge in [0, 0.05) is 7.11 Å². The lowest BCUT2D eigenvalue weighted by molar-refractivity contribution is -0.142. The smallest absolute Gasteiger partial charge is 0.313 e. The molecular weight excluding hydrogens is 136 g/mol. The molecular formula is C6H12O4. The zero-order valence-corrected chi connectivity index (χ0v) is 6.38. The van der Waals surface area contributed by atoms with Crippen LogP contribution in [0.4, 0.5) is 0 Å². The van der Waals surface area contributed by atoms with Gasteiger partial charge in [-0.1, -0.05) is 0 Å². The topological polar surface area (TPSA) is 63.6 Å². The maximum Gasteiger partial charge on any atom is 0.313 e. The van der Waals surface area contributed by atoms with E-state index in [4.69, 9.17) is 5.11 Å². The summed E-state index contributed by atoms with van der Waals surface area (Å²) in [5, 5.41) is 7.00. The van der Waals surface area contributed by atoms with Crippen molar-refractivity contribution in [3.05, 3.63) is 0 Å². The molecule has 0 bridgehead atoms. The van der Waals surface area contributed by atoms with Crippen molar-refractivity contribution in [1.82, 2.24) is 0 Å². The predicted molar refractivity (Wildman–Crippen MR) is 35.5 cm³/mol. The van der Waals surface area contributed by atoms with Crippen LogP contribution in [0.15, 0.2) is 0 Å². The van der Waals surface area contributed by atoms with E-state index in [1.807, 2.05) is 0 Å². The van der Waals surface area contributed by atoms with E-state index in [1.54, 1.807) is 0 Å². The first-order valence-corrected chi connectivity index (χ1v) is 2.67. The molecule has 1 N–H and O–H groups in total. The maximum absolute atomic E-state index is 10.2. The van der Waals surface area contributed by atoms with Crippen LogP contribution >= 0.6 is 0 Å². The third kappa shape index (κ3) is 10.2. The molecule has 0 aromatic heterocycles. The van der Waals surface area contributed by atoms with Gasteiger partial charge in [0.15, 0.2) is 0 Å². The first-order valence-electron chi connectivity index (χ1n) is 2.67. The van der Waals surface area contributed by atoms with E-state index in [2.05, 4.69) is 4.74 Å². The van der Waals surface area contributed by atoms with Crippen LogP contribution in [0.5, 0.6) is 0 Å². The fraction of sp³-hybridized carbons (Fsp3) is 0.667. The highest BCUT2D eigenvalue weighted by Gasteiger charge is 2.01. The summed E-state index contributed by atoms with van der Waals surface area (Å²) in [6.07, 6.45) is -0.115. The molecule has 0 spiro atoms. The quantitative estimate of drug-likeness (QED) is 0.433. The molecule has 0 aliphatic heterocycles. The third-order valence-electron chi connectivity index (χ3n) is 0.621. The van der Waals surface area contributed by atoms with Gasteiger partial charge in [0.2, 0.25) is 0 Å². The monoisotopic (exact) mass is 148 g/mol. The Morgan fingerprint density at radius 2 is 1.80 bits per heavy atom. The van der Waals surface area contributed by atoms with Gasteiger partial charge in [-0.3, -0.25) is 9.59 Å². The van der Waals surface area contributed by atoms with Crippen LogP contribution in [0.3, 0.4) is 0 Å². The molecule has 0 amide bonds. The van der Waals surface area contributed by atoms with Crippen LogP contribution < -0.4 is 0 Å². The largest absolute Gasteiger partial charge is 0.469 e. The number of ether oxygens (including phenoxy) is 1.